The lowest BCUT2D eigenvalue weighted by molar-refractivity contribution is 0.535. The third kappa shape index (κ3) is 6.12. The van der Waals surface area contributed by atoms with Crippen LogP contribution in [0.4, 0.5) is 8.78 Å². The van der Waals surface area contributed by atoms with E-state index in [1.807, 2.05) is 38.1 Å². The molecule has 0 spiro atoms. The second-order valence-corrected chi connectivity index (χ2v) is 6.62. The Bertz CT molecular complexity index is 662. The number of rotatable bonds is 3. The van der Waals surface area contributed by atoms with E-state index in [-0.39, 0.29) is 5.92 Å². The Balaban J connectivity index is 0.000000243. The van der Waals surface area contributed by atoms with Gasteiger partial charge in [0, 0.05) is 6.07 Å². The van der Waals surface area contributed by atoms with Crippen LogP contribution in [0.15, 0.2) is 42.5 Å². The van der Waals surface area contributed by atoms with Crippen molar-refractivity contribution in [1.82, 2.24) is 0 Å². The van der Waals surface area contributed by atoms with Crippen molar-refractivity contribution >= 4 is 0 Å². The first-order valence-corrected chi connectivity index (χ1v) is 8.20. The van der Waals surface area contributed by atoms with E-state index in [1.54, 1.807) is 0 Å². The highest BCUT2D eigenvalue weighted by molar-refractivity contribution is 5.33. The Morgan fingerprint density at radius 1 is 0.792 bits per heavy atom. The lowest BCUT2D eigenvalue weighted by Crippen LogP contribution is -2.01. The van der Waals surface area contributed by atoms with E-state index < -0.39 is 11.6 Å². The topological polar surface area (TPSA) is 23.8 Å². The highest BCUT2D eigenvalue weighted by Crippen LogP contribution is 2.23. The molecule has 0 aliphatic rings. The molecule has 0 aliphatic heterocycles. The third-order valence-electron chi connectivity index (χ3n) is 4.12. The van der Waals surface area contributed by atoms with Crippen molar-refractivity contribution in [3.05, 3.63) is 70.8 Å². The van der Waals surface area contributed by atoms with Gasteiger partial charge < -0.3 is 0 Å². The minimum Gasteiger partial charge on any atom is -0.207 e. The minimum atomic E-state index is -0.506. The zero-order valence-electron chi connectivity index (χ0n) is 15.0. The Morgan fingerprint density at radius 2 is 1.29 bits per heavy atom. The summed E-state index contributed by atoms with van der Waals surface area (Å²) >= 11 is 0. The molecule has 0 N–H and O–H groups in total. The summed E-state index contributed by atoms with van der Waals surface area (Å²) in [5.74, 6) is 0.364. The van der Waals surface area contributed by atoms with Crippen molar-refractivity contribution in [2.24, 2.45) is 5.92 Å². The van der Waals surface area contributed by atoms with Crippen molar-refractivity contribution in [2.75, 3.05) is 0 Å². The average molecular weight is 329 g/mol. The van der Waals surface area contributed by atoms with Crippen molar-refractivity contribution in [1.29, 1.82) is 5.26 Å². The van der Waals surface area contributed by atoms with Gasteiger partial charge in [-0.1, -0.05) is 46.8 Å². The maximum atomic E-state index is 12.5. The van der Waals surface area contributed by atoms with Crippen LogP contribution >= 0.6 is 0 Å². The van der Waals surface area contributed by atoms with E-state index in [4.69, 9.17) is 5.26 Å². The molecular weight excluding hydrogens is 304 g/mol. The number of benzene rings is 2. The number of halogens is 2. The maximum absolute atomic E-state index is 12.5. The van der Waals surface area contributed by atoms with Gasteiger partial charge in [0.2, 0.25) is 0 Å². The summed E-state index contributed by atoms with van der Waals surface area (Å²) in [5.41, 5.74) is 2.75. The third-order valence-corrected chi connectivity index (χ3v) is 4.12. The van der Waals surface area contributed by atoms with Crippen LogP contribution in [0.3, 0.4) is 0 Å². The van der Waals surface area contributed by atoms with Gasteiger partial charge in [0.05, 0.1) is 11.6 Å². The first-order valence-electron chi connectivity index (χ1n) is 8.20. The van der Waals surface area contributed by atoms with Crippen molar-refractivity contribution < 1.29 is 8.78 Å². The molecule has 0 fully saturated rings. The van der Waals surface area contributed by atoms with Gasteiger partial charge in [-0.25, -0.2) is 8.78 Å². The molecule has 0 radical (unpaired) electrons. The fourth-order valence-electron chi connectivity index (χ4n) is 2.15. The zero-order valence-corrected chi connectivity index (χ0v) is 15.0. The number of hydrogen-bond acceptors (Lipinski definition) is 1. The molecule has 0 heterocycles. The molecule has 1 atom stereocenters. The molecule has 0 bridgehead atoms. The molecular formula is C21H25F2N. The van der Waals surface area contributed by atoms with Gasteiger partial charge in [0.15, 0.2) is 0 Å². The summed E-state index contributed by atoms with van der Waals surface area (Å²) in [6.45, 7) is 10.4. The summed E-state index contributed by atoms with van der Waals surface area (Å²) < 4.78 is 25.1. The van der Waals surface area contributed by atoms with Crippen LogP contribution in [-0.4, -0.2) is 0 Å². The van der Waals surface area contributed by atoms with Gasteiger partial charge >= 0.3 is 0 Å². The van der Waals surface area contributed by atoms with Crippen LogP contribution in [0.25, 0.3) is 0 Å². The number of nitrogens with zero attached hydrogens (tertiary/aromatic N) is 1. The van der Waals surface area contributed by atoms with Gasteiger partial charge in [0.1, 0.15) is 11.6 Å². The standard InChI is InChI=1S/C12H15N.C9H10F2/c1-9(2)10(3)12-6-4-11(8-13)5-7-12;1-6(2)7-3-8(10)5-9(11)4-7/h4-7,9-10H,1-3H3;3-6H,1-2H3. The summed E-state index contributed by atoms with van der Waals surface area (Å²) in [4.78, 5) is 0. The van der Waals surface area contributed by atoms with Crippen molar-refractivity contribution in [2.45, 2.75) is 46.5 Å². The second-order valence-electron chi connectivity index (χ2n) is 6.62. The Morgan fingerprint density at radius 3 is 1.67 bits per heavy atom. The predicted octanol–water partition coefficient (Wildman–Crippen LogP) is 6.41. The quantitative estimate of drug-likeness (QED) is 0.638. The van der Waals surface area contributed by atoms with Gasteiger partial charge in [-0.05, 0) is 53.1 Å². The van der Waals surface area contributed by atoms with Crippen LogP contribution in [0.1, 0.15) is 63.1 Å². The normalized spacial score (nSPS) is 11.7. The number of nitriles is 1. The van der Waals surface area contributed by atoms with Crippen molar-refractivity contribution in [3.63, 3.8) is 0 Å². The molecule has 0 saturated heterocycles. The maximum Gasteiger partial charge on any atom is 0.126 e. The van der Waals surface area contributed by atoms with Crippen LogP contribution < -0.4 is 0 Å². The molecule has 3 heteroatoms. The summed E-state index contributed by atoms with van der Waals surface area (Å²) in [6, 6.07) is 13.6. The van der Waals surface area contributed by atoms with Gasteiger partial charge in [0.25, 0.3) is 0 Å². The Hall–Kier alpha value is -2.21. The zero-order chi connectivity index (χ0) is 18.3. The monoisotopic (exact) mass is 329 g/mol. The molecule has 2 aromatic rings. The Kier molecular flexibility index (Phi) is 7.58. The second kappa shape index (κ2) is 9.17. The van der Waals surface area contributed by atoms with Crippen LogP contribution in [0.5, 0.6) is 0 Å². The Labute approximate surface area is 144 Å². The van der Waals surface area contributed by atoms with E-state index >= 15 is 0 Å². The van der Waals surface area contributed by atoms with E-state index in [2.05, 4.69) is 26.8 Å². The lowest BCUT2D eigenvalue weighted by atomic mass is 9.90. The lowest BCUT2D eigenvalue weighted by Gasteiger charge is -2.15. The van der Waals surface area contributed by atoms with Gasteiger partial charge in [-0.3, -0.25) is 0 Å². The molecule has 0 aromatic heterocycles. The summed E-state index contributed by atoms with van der Waals surface area (Å²) in [5, 5.41) is 8.63. The minimum absolute atomic E-state index is 0.167. The SMILES string of the molecule is CC(C)C(C)c1ccc(C#N)cc1.CC(C)c1cc(F)cc(F)c1. The molecule has 0 saturated carbocycles. The molecule has 2 rings (SSSR count). The fraction of sp³-hybridized carbons (Fsp3) is 0.381. The molecule has 1 nitrogen and oxygen atoms in total. The highest BCUT2D eigenvalue weighted by atomic mass is 19.1. The van der Waals surface area contributed by atoms with E-state index in [9.17, 15) is 8.78 Å². The predicted molar refractivity (Wildman–Crippen MR) is 94.9 cm³/mol. The molecule has 1 unspecified atom stereocenters. The molecule has 0 aliphatic carbocycles. The molecule has 128 valence electrons. The van der Waals surface area contributed by atoms with Crippen LogP contribution in [0.2, 0.25) is 0 Å². The van der Waals surface area contributed by atoms with Crippen LogP contribution in [0, 0.1) is 28.9 Å². The molecule has 2 aromatic carbocycles. The first-order chi connectivity index (χ1) is 11.2. The average Bonchev–Trinajstić information content (AvgIpc) is 2.53. The fourth-order valence-corrected chi connectivity index (χ4v) is 2.15. The highest BCUT2D eigenvalue weighted by Gasteiger charge is 2.08. The van der Waals surface area contributed by atoms with Crippen LogP contribution in [-0.2, 0) is 0 Å². The van der Waals surface area contributed by atoms with E-state index in [1.165, 1.54) is 17.7 Å². The number of hydrogen-bond donors (Lipinski definition) is 0. The largest absolute Gasteiger partial charge is 0.207 e. The van der Waals surface area contributed by atoms with E-state index in [0.29, 0.717) is 17.4 Å². The smallest absolute Gasteiger partial charge is 0.126 e. The summed E-state index contributed by atoms with van der Waals surface area (Å²) in [6.07, 6.45) is 0. The summed E-state index contributed by atoms with van der Waals surface area (Å²) in [7, 11) is 0. The van der Waals surface area contributed by atoms with Gasteiger partial charge in [-0.15, -0.1) is 0 Å². The van der Waals surface area contributed by atoms with Gasteiger partial charge in [-0.2, -0.15) is 5.26 Å². The first kappa shape index (κ1) is 19.8. The molecule has 0 amide bonds. The van der Waals surface area contributed by atoms with E-state index in [0.717, 1.165) is 11.6 Å². The van der Waals surface area contributed by atoms with Crippen molar-refractivity contribution in [3.8, 4) is 6.07 Å². The molecule has 24 heavy (non-hydrogen) atoms.